The van der Waals surface area contributed by atoms with Crippen molar-refractivity contribution in [3.63, 3.8) is 0 Å². The van der Waals surface area contributed by atoms with E-state index in [0.29, 0.717) is 17.3 Å². The van der Waals surface area contributed by atoms with Crippen molar-refractivity contribution in [2.75, 3.05) is 5.32 Å². The third-order valence-corrected chi connectivity index (χ3v) is 2.46. The van der Waals surface area contributed by atoms with Crippen LogP contribution in [0.1, 0.15) is 5.69 Å². The summed E-state index contributed by atoms with van der Waals surface area (Å²) in [6.07, 6.45) is 1.81. The van der Waals surface area contributed by atoms with Crippen LogP contribution in [-0.4, -0.2) is 11.0 Å². The third kappa shape index (κ3) is 3.53. The lowest BCUT2D eigenvalue weighted by atomic mass is 10.3. The maximum Gasteiger partial charge on any atom is 0.319 e. The van der Waals surface area contributed by atoms with Crippen LogP contribution in [0.25, 0.3) is 0 Å². The number of hydrogen-bond acceptors (Lipinski definition) is 1. The second-order valence-corrected chi connectivity index (χ2v) is 3.95. The quantitative estimate of drug-likeness (QED) is 0.770. The zero-order valence-electron chi connectivity index (χ0n) is 9.03. The Labute approximate surface area is 104 Å². The maximum absolute atomic E-state index is 11.5. The molecule has 1 aromatic carbocycles. The van der Waals surface area contributed by atoms with Gasteiger partial charge in [0.2, 0.25) is 0 Å². The molecule has 1 aromatic heterocycles. The van der Waals surface area contributed by atoms with Gasteiger partial charge in [-0.05, 0) is 36.4 Å². The zero-order chi connectivity index (χ0) is 12.1. The number of urea groups is 1. The lowest BCUT2D eigenvalue weighted by Gasteiger charge is -2.06. The van der Waals surface area contributed by atoms with Gasteiger partial charge in [-0.1, -0.05) is 11.6 Å². The van der Waals surface area contributed by atoms with Crippen LogP contribution in [0, 0.1) is 0 Å². The Morgan fingerprint density at radius 1 is 1.24 bits per heavy atom. The molecule has 17 heavy (non-hydrogen) atoms. The number of rotatable bonds is 3. The summed E-state index contributed by atoms with van der Waals surface area (Å²) in [7, 11) is 0. The molecule has 0 atom stereocenters. The first-order valence-electron chi connectivity index (χ1n) is 5.17. The summed E-state index contributed by atoms with van der Waals surface area (Å²) < 4.78 is 0. The van der Waals surface area contributed by atoms with Crippen LogP contribution in [0.4, 0.5) is 10.5 Å². The summed E-state index contributed by atoms with van der Waals surface area (Å²) in [6, 6.07) is 10.5. The molecule has 0 aliphatic carbocycles. The summed E-state index contributed by atoms with van der Waals surface area (Å²) >= 11 is 5.74. The number of amides is 2. The summed E-state index contributed by atoms with van der Waals surface area (Å²) in [5, 5.41) is 6.08. The van der Waals surface area contributed by atoms with Crippen LogP contribution < -0.4 is 10.6 Å². The van der Waals surface area contributed by atoms with Crippen LogP contribution in [0.2, 0.25) is 5.02 Å². The van der Waals surface area contributed by atoms with E-state index in [-0.39, 0.29) is 6.03 Å². The van der Waals surface area contributed by atoms with Gasteiger partial charge in [0.25, 0.3) is 0 Å². The number of halogens is 1. The van der Waals surface area contributed by atoms with Gasteiger partial charge in [0.15, 0.2) is 0 Å². The lowest BCUT2D eigenvalue weighted by molar-refractivity contribution is 0.251. The van der Waals surface area contributed by atoms with Crippen LogP contribution in [0.15, 0.2) is 42.6 Å². The second-order valence-electron chi connectivity index (χ2n) is 3.51. The molecule has 0 saturated heterocycles. The first kappa shape index (κ1) is 11.5. The average Bonchev–Trinajstić information content (AvgIpc) is 2.83. The zero-order valence-corrected chi connectivity index (χ0v) is 9.79. The molecule has 5 heteroatoms. The number of H-pyrrole nitrogens is 1. The van der Waals surface area contributed by atoms with Crippen molar-refractivity contribution >= 4 is 23.3 Å². The number of benzene rings is 1. The van der Waals surface area contributed by atoms with Gasteiger partial charge >= 0.3 is 6.03 Å². The van der Waals surface area contributed by atoms with Crippen molar-refractivity contribution in [1.82, 2.24) is 10.3 Å². The van der Waals surface area contributed by atoms with Gasteiger partial charge in [0.05, 0.1) is 6.54 Å². The normalized spacial score (nSPS) is 9.94. The van der Waals surface area contributed by atoms with E-state index in [1.165, 1.54) is 0 Å². The van der Waals surface area contributed by atoms with Gasteiger partial charge in [0.1, 0.15) is 0 Å². The fraction of sp³-hybridized carbons (Fsp3) is 0.0833. The molecule has 0 fully saturated rings. The topological polar surface area (TPSA) is 56.9 Å². The Balaban J connectivity index is 1.83. The molecule has 2 amide bonds. The van der Waals surface area contributed by atoms with Gasteiger partial charge in [-0.25, -0.2) is 4.79 Å². The van der Waals surface area contributed by atoms with E-state index in [0.717, 1.165) is 5.69 Å². The number of nitrogens with one attached hydrogen (secondary N) is 3. The van der Waals surface area contributed by atoms with Crippen LogP contribution in [0.3, 0.4) is 0 Å². The fourth-order valence-corrected chi connectivity index (χ4v) is 1.49. The smallest absolute Gasteiger partial charge is 0.319 e. The first-order chi connectivity index (χ1) is 8.24. The van der Waals surface area contributed by atoms with Crippen molar-refractivity contribution < 1.29 is 4.79 Å². The van der Waals surface area contributed by atoms with E-state index in [1.54, 1.807) is 24.3 Å². The molecule has 2 rings (SSSR count). The Morgan fingerprint density at radius 2 is 2.00 bits per heavy atom. The van der Waals surface area contributed by atoms with E-state index in [1.807, 2.05) is 18.3 Å². The van der Waals surface area contributed by atoms with Gasteiger partial charge in [-0.3, -0.25) is 0 Å². The summed E-state index contributed by atoms with van der Waals surface area (Å²) in [5.41, 5.74) is 1.66. The highest BCUT2D eigenvalue weighted by molar-refractivity contribution is 6.30. The number of aromatic amines is 1. The number of anilines is 1. The minimum Gasteiger partial charge on any atom is -0.364 e. The van der Waals surface area contributed by atoms with Crippen molar-refractivity contribution in [2.45, 2.75) is 6.54 Å². The molecule has 0 aliphatic heterocycles. The minimum absolute atomic E-state index is 0.248. The molecule has 3 N–H and O–H groups in total. The van der Waals surface area contributed by atoms with E-state index >= 15 is 0 Å². The van der Waals surface area contributed by atoms with Gasteiger partial charge in [-0.15, -0.1) is 0 Å². The molecule has 2 aromatic rings. The molecule has 0 spiro atoms. The van der Waals surface area contributed by atoms with Crippen LogP contribution >= 0.6 is 11.6 Å². The largest absolute Gasteiger partial charge is 0.364 e. The summed E-state index contributed by atoms with van der Waals surface area (Å²) in [6.45, 7) is 0.465. The molecule has 0 saturated carbocycles. The number of carbonyl (C=O) groups excluding carboxylic acids is 1. The van der Waals surface area contributed by atoms with E-state index in [9.17, 15) is 4.79 Å². The number of carbonyl (C=O) groups is 1. The second kappa shape index (κ2) is 5.41. The number of hydrogen-bond donors (Lipinski definition) is 3. The maximum atomic E-state index is 11.5. The van der Waals surface area contributed by atoms with Gasteiger partial charge in [0, 0.05) is 22.6 Å². The van der Waals surface area contributed by atoms with Crippen molar-refractivity contribution in [3.8, 4) is 0 Å². The first-order valence-corrected chi connectivity index (χ1v) is 5.54. The average molecular weight is 250 g/mol. The molecule has 0 aliphatic rings. The highest BCUT2D eigenvalue weighted by Gasteiger charge is 2.01. The standard InChI is InChI=1S/C12H12ClN3O/c13-9-3-5-10(6-4-9)16-12(17)15-8-11-2-1-7-14-11/h1-7,14H,8H2,(H2,15,16,17). The van der Waals surface area contributed by atoms with Crippen molar-refractivity contribution in [1.29, 1.82) is 0 Å². The van der Waals surface area contributed by atoms with Crippen molar-refractivity contribution in [2.24, 2.45) is 0 Å². The van der Waals surface area contributed by atoms with E-state index in [4.69, 9.17) is 11.6 Å². The predicted molar refractivity (Wildman–Crippen MR) is 68.1 cm³/mol. The Hall–Kier alpha value is -1.94. The molecule has 4 nitrogen and oxygen atoms in total. The van der Waals surface area contributed by atoms with Crippen LogP contribution in [0.5, 0.6) is 0 Å². The van der Waals surface area contributed by atoms with Crippen LogP contribution in [-0.2, 0) is 6.54 Å². The molecular weight excluding hydrogens is 238 g/mol. The third-order valence-electron chi connectivity index (χ3n) is 2.20. The SMILES string of the molecule is O=C(NCc1ccc[nH]1)Nc1ccc(Cl)cc1. The fourth-order valence-electron chi connectivity index (χ4n) is 1.36. The molecule has 0 radical (unpaired) electrons. The number of aromatic nitrogens is 1. The predicted octanol–water partition coefficient (Wildman–Crippen LogP) is 2.99. The van der Waals surface area contributed by atoms with Gasteiger partial charge in [-0.2, -0.15) is 0 Å². The minimum atomic E-state index is -0.248. The molecule has 88 valence electrons. The Bertz CT molecular complexity index is 479. The summed E-state index contributed by atoms with van der Waals surface area (Å²) in [4.78, 5) is 14.5. The van der Waals surface area contributed by atoms with Crippen molar-refractivity contribution in [3.05, 3.63) is 53.3 Å². The van der Waals surface area contributed by atoms with E-state index < -0.39 is 0 Å². The molecule has 0 bridgehead atoms. The highest BCUT2D eigenvalue weighted by atomic mass is 35.5. The summed E-state index contributed by atoms with van der Waals surface area (Å²) in [5.74, 6) is 0. The molecular formula is C12H12ClN3O. The highest BCUT2D eigenvalue weighted by Crippen LogP contribution is 2.13. The molecule has 1 heterocycles. The molecule has 0 unspecified atom stereocenters. The Morgan fingerprint density at radius 3 is 2.65 bits per heavy atom. The van der Waals surface area contributed by atoms with Gasteiger partial charge < -0.3 is 15.6 Å². The van der Waals surface area contributed by atoms with E-state index in [2.05, 4.69) is 15.6 Å². The lowest BCUT2D eigenvalue weighted by Crippen LogP contribution is -2.28. The Kier molecular flexibility index (Phi) is 3.67. The monoisotopic (exact) mass is 249 g/mol.